The van der Waals surface area contributed by atoms with E-state index < -0.39 is 0 Å². The normalized spacial score (nSPS) is 9.62. The maximum absolute atomic E-state index is 10.7. The van der Waals surface area contributed by atoms with Gasteiger partial charge in [0.1, 0.15) is 0 Å². The summed E-state index contributed by atoms with van der Waals surface area (Å²) in [6, 6.07) is 0. The van der Waals surface area contributed by atoms with Gasteiger partial charge in [0.25, 0.3) is 0 Å². The van der Waals surface area contributed by atoms with Crippen LogP contribution in [0.25, 0.3) is 0 Å². The second kappa shape index (κ2) is 14.4. The maximum atomic E-state index is 10.7. The lowest BCUT2D eigenvalue weighted by molar-refractivity contribution is -0.143. The standard InChI is InChI=1S/C8H16O2.C5H12O/c1-3-5-6-7-8(9)10-4-2;1-5(2)3-4-6/h3-7H2,1-2H3;5-6H,3-4H2,1-2H3. The van der Waals surface area contributed by atoms with Gasteiger partial charge in [-0.05, 0) is 25.7 Å². The number of carbonyl (C=O) groups excluding carboxylic acids is 1. The van der Waals surface area contributed by atoms with Crippen LogP contribution in [0.5, 0.6) is 0 Å². The molecule has 0 unspecified atom stereocenters. The number of hydrogen-bond donors (Lipinski definition) is 1. The quantitative estimate of drug-likeness (QED) is 0.542. The smallest absolute Gasteiger partial charge is 0.305 e. The molecule has 0 saturated carbocycles. The maximum Gasteiger partial charge on any atom is 0.305 e. The Labute approximate surface area is 100 Å². The summed E-state index contributed by atoms with van der Waals surface area (Å²) in [5, 5.41) is 8.24. The molecule has 0 aliphatic heterocycles. The molecule has 3 heteroatoms. The third-order valence-electron chi connectivity index (χ3n) is 2.00. The lowest BCUT2D eigenvalue weighted by Crippen LogP contribution is -2.02. The highest BCUT2D eigenvalue weighted by Gasteiger charge is 1.98. The van der Waals surface area contributed by atoms with E-state index in [9.17, 15) is 4.79 Å². The molecule has 0 aromatic rings. The zero-order valence-electron chi connectivity index (χ0n) is 11.3. The zero-order valence-corrected chi connectivity index (χ0v) is 11.3. The molecular weight excluding hydrogens is 204 g/mol. The van der Waals surface area contributed by atoms with Gasteiger partial charge in [-0.15, -0.1) is 0 Å². The van der Waals surface area contributed by atoms with Gasteiger partial charge in [-0.25, -0.2) is 0 Å². The highest BCUT2D eigenvalue weighted by atomic mass is 16.5. The molecule has 0 heterocycles. The number of hydrogen-bond acceptors (Lipinski definition) is 3. The largest absolute Gasteiger partial charge is 0.466 e. The Morgan fingerprint density at radius 3 is 2.19 bits per heavy atom. The van der Waals surface area contributed by atoms with Gasteiger partial charge in [-0.1, -0.05) is 33.6 Å². The summed E-state index contributed by atoms with van der Waals surface area (Å²) >= 11 is 0. The van der Waals surface area contributed by atoms with Crippen molar-refractivity contribution in [2.24, 2.45) is 5.92 Å². The number of carbonyl (C=O) groups is 1. The van der Waals surface area contributed by atoms with Crippen molar-refractivity contribution in [2.45, 2.75) is 59.8 Å². The molecule has 0 fully saturated rings. The SMILES string of the molecule is CC(C)CCO.CCCCCC(=O)OCC. The van der Waals surface area contributed by atoms with Crippen molar-refractivity contribution in [3.63, 3.8) is 0 Å². The molecule has 3 nitrogen and oxygen atoms in total. The Balaban J connectivity index is 0. The zero-order chi connectivity index (χ0) is 12.8. The van der Waals surface area contributed by atoms with Gasteiger partial charge in [0.05, 0.1) is 6.61 Å². The van der Waals surface area contributed by atoms with Crippen LogP contribution in [0, 0.1) is 5.92 Å². The molecule has 0 aromatic carbocycles. The van der Waals surface area contributed by atoms with Crippen molar-refractivity contribution >= 4 is 5.97 Å². The number of ether oxygens (including phenoxy) is 1. The fourth-order valence-corrected chi connectivity index (χ4v) is 1.01. The van der Waals surface area contributed by atoms with Gasteiger partial charge >= 0.3 is 5.97 Å². The van der Waals surface area contributed by atoms with Crippen molar-refractivity contribution in [1.82, 2.24) is 0 Å². The van der Waals surface area contributed by atoms with Crippen molar-refractivity contribution in [1.29, 1.82) is 0 Å². The molecule has 0 atom stereocenters. The van der Waals surface area contributed by atoms with Gasteiger partial charge < -0.3 is 9.84 Å². The molecule has 0 aliphatic carbocycles. The number of rotatable bonds is 7. The highest BCUT2D eigenvalue weighted by Crippen LogP contribution is 1.99. The molecule has 0 bridgehead atoms. The Morgan fingerprint density at radius 1 is 1.25 bits per heavy atom. The fraction of sp³-hybridized carbons (Fsp3) is 0.923. The summed E-state index contributed by atoms with van der Waals surface area (Å²) in [6.07, 6.45) is 4.76. The summed E-state index contributed by atoms with van der Waals surface area (Å²) in [4.78, 5) is 10.7. The predicted molar refractivity (Wildman–Crippen MR) is 67.3 cm³/mol. The van der Waals surface area contributed by atoms with Crippen LogP contribution in [0.1, 0.15) is 59.8 Å². The second-order valence-corrected chi connectivity index (χ2v) is 4.17. The molecule has 16 heavy (non-hydrogen) atoms. The van der Waals surface area contributed by atoms with E-state index in [1.54, 1.807) is 0 Å². The lowest BCUT2D eigenvalue weighted by Gasteiger charge is -1.99. The number of esters is 1. The molecule has 0 aromatic heterocycles. The molecular formula is C13H28O3. The minimum Gasteiger partial charge on any atom is -0.466 e. The Hall–Kier alpha value is -0.570. The van der Waals surface area contributed by atoms with Gasteiger partial charge in [0, 0.05) is 13.0 Å². The van der Waals surface area contributed by atoms with Gasteiger partial charge in [-0.3, -0.25) is 4.79 Å². The first kappa shape index (κ1) is 17.8. The molecule has 0 saturated heterocycles. The number of aliphatic hydroxyl groups excluding tert-OH is 1. The molecule has 98 valence electrons. The molecule has 0 aliphatic rings. The van der Waals surface area contributed by atoms with Crippen LogP contribution in [-0.2, 0) is 9.53 Å². The number of aliphatic hydroxyl groups is 1. The first-order chi connectivity index (χ1) is 7.58. The molecule has 0 amide bonds. The third-order valence-corrected chi connectivity index (χ3v) is 2.00. The van der Waals surface area contributed by atoms with Crippen LogP contribution in [0.4, 0.5) is 0 Å². The van der Waals surface area contributed by atoms with E-state index in [0.29, 0.717) is 25.6 Å². The van der Waals surface area contributed by atoms with Crippen LogP contribution in [0.15, 0.2) is 0 Å². The first-order valence-electron chi connectivity index (χ1n) is 6.34. The Bertz CT molecular complexity index is 144. The van der Waals surface area contributed by atoms with E-state index in [0.717, 1.165) is 25.7 Å². The monoisotopic (exact) mass is 232 g/mol. The van der Waals surface area contributed by atoms with Crippen LogP contribution in [0.2, 0.25) is 0 Å². The lowest BCUT2D eigenvalue weighted by atomic mass is 10.2. The predicted octanol–water partition coefficient (Wildman–Crippen LogP) is 3.15. The third kappa shape index (κ3) is 19.1. The molecule has 1 N–H and O–H groups in total. The van der Waals surface area contributed by atoms with E-state index in [-0.39, 0.29) is 5.97 Å². The van der Waals surface area contributed by atoms with Crippen LogP contribution >= 0.6 is 0 Å². The second-order valence-electron chi connectivity index (χ2n) is 4.17. The van der Waals surface area contributed by atoms with Crippen molar-refractivity contribution in [3.05, 3.63) is 0 Å². The van der Waals surface area contributed by atoms with Gasteiger partial charge in [-0.2, -0.15) is 0 Å². The highest BCUT2D eigenvalue weighted by molar-refractivity contribution is 5.69. The average molecular weight is 232 g/mol. The van der Waals surface area contributed by atoms with Crippen LogP contribution in [-0.4, -0.2) is 24.3 Å². The minimum atomic E-state index is -0.0593. The van der Waals surface area contributed by atoms with E-state index >= 15 is 0 Å². The van der Waals surface area contributed by atoms with Crippen LogP contribution < -0.4 is 0 Å². The van der Waals surface area contributed by atoms with E-state index in [4.69, 9.17) is 9.84 Å². The van der Waals surface area contributed by atoms with Crippen LogP contribution in [0.3, 0.4) is 0 Å². The summed E-state index contributed by atoms with van der Waals surface area (Å²) in [6.45, 7) is 8.97. The molecule has 0 rings (SSSR count). The van der Waals surface area contributed by atoms with Gasteiger partial charge in [0.2, 0.25) is 0 Å². The average Bonchev–Trinajstić information content (AvgIpc) is 2.19. The first-order valence-corrected chi connectivity index (χ1v) is 6.34. The molecule has 0 radical (unpaired) electrons. The number of unbranched alkanes of at least 4 members (excludes halogenated alkanes) is 2. The Kier molecular flexibility index (Phi) is 16.1. The van der Waals surface area contributed by atoms with Crippen molar-refractivity contribution in [3.8, 4) is 0 Å². The summed E-state index contributed by atoms with van der Waals surface area (Å²) in [7, 11) is 0. The Morgan fingerprint density at radius 2 is 1.88 bits per heavy atom. The summed E-state index contributed by atoms with van der Waals surface area (Å²) < 4.78 is 4.75. The van der Waals surface area contributed by atoms with E-state index in [2.05, 4.69) is 20.8 Å². The topological polar surface area (TPSA) is 46.5 Å². The molecule has 0 spiro atoms. The minimum absolute atomic E-state index is 0.0593. The fourth-order valence-electron chi connectivity index (χ4n) is 1.01. The van der Waals surface area contributed by atoms with E-state index in [1.807, 2.05) is 6.92 Å². The summed E-state index contributed by atoms with van der Waals surface area (Å²) in [5.41, 5.74) is 0. The van der Waals surface area contributed by atoms with Gasteiger partial charge in [0.15, 0.2) is 0 Å². The van der Waals surface area contributed by atoms with E-state index in [1.165, 1.54) is 0 Å². The van der Waals surface area contributed by atoms with Crippen molar-refractivity contribution in [2.75, 3.05) is 13.2 Å². The summed E-state index contributed by atoms with van der Waals surface area (Å²) in [5.74, 6) is 0.589. The van der Waals surface area contributed by atoms with Crippen molar-refractivity contribution < 1.29 is 14.6 Å².